The molecule has 5 atom stereocenters. The van der Waals surface area contributed by atoms with E-state index in [2.05, 4.69) is 36.9 Å². The van der Waals surface area contributed by atoms with E-state index in [1.807, 2.05) is 24.3 Å². The van der Waals surface area contributed by atoms with Gasteiger partial charge in [0, 0.05) is 50.3 Å². The minimum Gasteiger partial charge on any atom is -0.368 e. The molecule has 2 aromatic rings. The van der Waals surface area contributed by atoms with Gasteiger partial charge >= 0.3 is 0 Å². The third kappa shape index (κ3) is 4.60. The van der Waals surface area contributed by atoms with Crippen LogP contribution < -0.4 is 16.0 Å². The number of piperazine rings is 1. The number of nitrogens with one attached hydrogen (secondary N) is 3. The minimum absolute atomic E-state index is 0.323. The fourth-order valence-corrected chi connectivity index (χ4v) is 7.93. The molecule has 1 saturated heterocycles. The maximum absolute atomic E-state index is 9.67. The molecule has 35 heavy (non-hydrogen) atoms. The van der Waals surface area contributed by atoms with Crippen LogP contribution in [0.3, 0.4) is 0 Å². The van der Waals surface area contributed by atoms with Crippen LogP contribution in [0, 0.1) is 34.5 Å². The van der Waals surface area contributed by atoms with E-state index in [0.29, 0.717) is 34.3 Å². The zero-order valence-corrected chi connectivity index (χ0v) is 20.9. The van der Waals surface area contributed by atoms with Gasteiger partial charge in [0.2, 0.25) is 5.95 Å². The van der Waals surface area contributed by atoms with Crippen LogP contribution in [0.25, 0.3) is 0 Å². The number of nitriles is 1. The van der Waals surface area contributed by atoms with E-state index in [4.69, 9.17) is 11.6 Å². The van der Waals surface area contributed by atoms with Gasteiger partial charge in [-0.05, 0) is 66.9 Å². The van der Waals surface area contributed by atoms with Gasteiger partial charge in [-0.2, -0.15) is 10.2 Å². The Morgan fingerprint density at radius 1 is 1.11 bits per heavy atom. The van der Waals surface area contributed by atoms with Gasteiger partial charge in [-0.25, -0.2) is 4.98 Å². The summed E-state index contributed by atoms with van der Waals surface area (Å²) in [5, 5.41) is 20.8. The smallest absolute Gasteiger partial charge is 0.224 e. The molecule has 0 amide bonds. The highest BCUT2D eigenvalue weighted by Crippen LogP contribution is 2.61. The number of rotatable bonds is 7. The van der Waals surface area contributed by atoms with E-state index in [0.717, 1.165) is 49.0 Å². The topological polar surface area (TPSA) is 88.9 Å². The number of nitrogens with zero attached hydrogens (tertiary/aromatic N) is 4. The molecule has 5 aliphatic rings. The fraction of sp³-hybridized carbons (Fsp3) is 0.593. The Balaban J connectivity index is 1.14. The Hall–Kier alpha value is -2.40. The molecule has 0 spiro atoms. The van der Waals surface area contributed by atoms with Gasteiger partial charge in [0.15, 0.2) is 0 Å². The van der Waals surface area contributed by atoms with Crippen LogP contribution in [-0.2, 0) is 6.54 Å². The molecule has 7 rings (SSSR count). The first-order valence-electron chi connectivity index (χ1n) is 13.1. The van der Waals surface area contributed by atoms with Crippen LogP contribution in [0.4, 0.5) is 11.8 Å². The number of hydrogen-bond acceptors (Lipinski definition) is 7. The van der Waals surface area contributed by atoms with Crippen molar-refractivity contribution in [2.45, 2.75) is 44.7 Å². The minimum atomic E-state index is 0.323. The predicted molar refractivity (Wildman–Crippen MR) is 138 cm³/mol. The van der Waals surface area contributed by atoms with E-state index < -0.39 is 0 Å². The standard InChI is InChI=1S/C27H34ClN7/c28-23-4-2-1-3-19(23)15-31-26-32-16-22(14-29)25(34-26)33-17-27-11-18-9-20(12-27)24(21(10-18)13-27)35-7-5-30-6-8-35/h1-4,16,18,20-21,24,30H,5-13,15,17H2,(H2,31,32,33,34)/t18?,20-,21+,24?,27?. The highest BCUT2D eigenvalue weighted by atomic mass is 35.5. The summed E-state index contributed by atoms with van der Waals surface area (Å²) in [6.07, 6.45) is 8.33. The molecule has 1 aromatic carbocycles. The Labute approximate surface area is 212 Å². The molecule has 184 valence electrons. The van der Waals surface area contributed by atoms with E-state index in [-0.39, 0.29) is 0 Å². The lowest BCUT2D eigenvalue weighted by atomic mass is 9.47. The molecule has 2 heterocycles. The van der Waals surface area contributed by atoms with Crippen LogP contribution in [0.5, 0.6) is 0 Å². The Morgan fingerprint density at radius 3 is 2.63 bits per heavy atom. The second-order valence-electron chi connectivity index (χ2n) is 11.1. The summed E-state index contributed by atoms with van der Waals surface area (Å²) in [4.78, 5) is 11.8. The predicted octanol–water partition coefficient (Wildman–Crippen LogP) is 4.13. The lowest BCUT2D eigenvalue weighted by Crippen LogP contribution is -2.62. The van der Waals surface area contributed by atoms with Crippen molar-refractivity contribution in [3.8, 4) is 6.07 Å². The highest BCUT2D eigenvalue weighted by Gasteiger charge is 2.56. The molecule has 4 aliphatic carbocycles. The summed E-state index contributed by atoms with van der Waals surface area (Å²) in [7, 11) is 0. The maximum atomic E-state index is 9.67. The van der Waals surface area contributed by atoms with Crippen LogP contribution in [0.15, 0.2) is 30.5 Å². The molecule has 8 heteroatoms. The number of anilines is 2. The lowest BCUT2D eigenvalue weighted by Gasteiger charge is -2.62. The van der Waals surface area contributed by atoms with Gasteiger partial charge in [-0.1, -0.05) is 29.8 Å². The number of aromatic nitrogens is 2. The van der Waals surface area contributed by atoms with Crippen LogP contribution >= 0.6 is 11.6 Å². The second-order valence-corrected chi connectivity index (χ2v) is 11.5. The van der Waals surface area contributed by atoms with Crippen molar-refractivity contribution >= 4 is 23.4 Å². The monoisotopic (exact) mass is 491 g/mol. The molecule has 4 bridgehead atoms. The Bertz CT molecular complexity index is 1090. The molecule has 0 radical (unpaired) electrons. The summed E-state index contributed by atoms with van der Waals surface area (Å²) in [5.41, 5.74) is 1.81. The van der Waals surface area contributed by atoms with E-state index in [1.54, 1.807) is 6.20 Å². The Kier molecular flexibility index (Phi) is 6.30. The van der Waals surface area contributed by atoms with Crippen molar-refractivity contribution < 1.29 is 0 Å². The average Bonchev–Trinajstić information content (AvgIpc) is 2.87. The lowest BCUT2D eigenvalue weighted by molar-refractivity contribution is -0.108. The van der Waals surface area contributed by atoms with Gasteiger partial charge in [-0.15, -0.1) is 0 Å². The molecule has 1 aliphatic heterocycles. The van der Waals surface area contributed by atoms with E-state index in [1.165, 1.54) is 45.2 Å². The van der Waals surface area contributed by atoms with Gasteiger partial charge in [0.1, 0.15) is 17.5 Å². The molecule has 1 aromatic heterocycles. The molecule has 3 unspecified atom stereocenters. The van der Waals surface area contributed by atoms with Crippen LogP contribution in [0.2, 0.25) is 5.02 Å². The molecule has 4 saturated carbocycles. The van der Waals surface area contributed by atoms with E-state index in [9.17, 15) is 5.26 Å². The van der Waals surface area contributed by atoms with Crippen molar-refractivity contribution in [2.24, 2.45) is 23.2 Å². The first-order valence-corrected chi connectivity index (χ1v) is 13.4. The first kappa shape index (κ1) is 23.0. The quantitative estimate of drug-likeness (QED) is 0.536. The average molecular weight is 492 g/mol. The molecule has 7 nitrogen and oxygen atoms in total. The van der Waals surface area contributed by atoms with Gasteiger partial charge in [-0.3, -0.25) is 4.90 Å². The summed E-state index contributed by atoms with van der Waals surface area (Å²) in [5.74, 6) is 3.64. The second kappa shape index (κ2) is 9.57. The van der Waals surface area contributed by atoms with Gasteiger partial charge < -0.3 is 16.0 Å². The van der Waals surface area contributed by atoms with Crippen molar-refractivity contribution in [1.29, 1.82) is 5.26 Å². The number of benzene rings is 1. The van der Waals surface area contributed by atoms with Crippen molar-refractivity contribution in [3.63, 3.8) is 0 Å². The number of hydrogen-bond donors (Lipinski definition) is 3. The SMILES string of the molecule is N#Cc1cnc(NCc2ccccc2Cl)nc1NCC12CC3C[C@H](C1)C(N1CCNCC1)[C@@H](C3)C2. The largest absolute Gasteiger partial charge is 0.368 e. The summed E-state index contributed by atoms with van der Waals surface area (Å²) >= 11 is 6.29. The maximum Gasteiger partial charge on any atom is 0.224 e. The van der Waals surface area contributed by atoms with Gasteiger partial charge in [0.05, 0.1) is 6.20 Å². The third-order valence-corrected chi connectivity index (χ3v) is 9.23. The van der Waals surface area contributed by atoms with Crippen molar-refractivity contribution in [2.75, 3.05) is 43.4 Å². The molecule has 3 N–H and O–H groups in total. The number of halogens is 1. The summed E-state index contributed by atoms with van der Waals surface area (Å²) < 4.78 is 0. The van der Waals surface area contributed by atoms with Crippen LogP contribution in [-0.4, -0.2) is 53.6 Å². The van der Waals surface area contributed by atoms with Crippen molar-refractivity contribution in [3.05, 3.63) is 46.6 Å². The van der Waals surface area contributed by atoms with Crippen molar-refractivity contribution in [1.82, 2.24) is 20.2 Å². The zero-order chi connectivity index (χ0) is 23.8. The summed E-state index contributed by atoms with van der Waals surface area (Å²) in [6.45, 7) is 6.08. The molecule has 5 fully saturated rings. The first-order chi connectivity index (χ1) is 17.1. The van der Waals surface area contributed by atoms with Gasteiger partial charge in [0.25, 0.3) is 0 Å². The highest BCUT2D eigenvalue weighted by molar-refractivity contribution is 6.31. The third-order valence-electron chi connectivity index (χ3n) is 8.86. The molecular weight excluding hydrogens is 458 g/mol. The van der Waals surface area contributed by atoms with E-state index >= 15 is 0 Å². The summed E-state index contributed by atoms with van der Waals surface area (Å²) in [6, 6.07) is 10.8. The Morgan fingerprint density at radius 2 is 1.89 bits per heavy atom. The zero-order valence-electron chi connectivity index (χ0n) is 20.1. The molecular formula is C27H34ClN7. The van der Waals surface area contributed by atoms with Crippen LogP contribution in [0.1, 0.15) is 43.2 Å². The normalized spacial score (nSPS) is 31.8. The fourth-order valence-electron chi connectivity index (χ4n) is 7.73.